The molecule has 17 heteroatoms. The van der Waals surface area contributed by atoms with Crippen molar-refractivity contribution in [1.82, 2.24) is 20.4 Å². The van der Waals surface area contributed by atoms with E-state index in [9.17, 15) is 43.2 Å². The van der Waals surface area contributed by atoms with E-state index >= 15 is 0 Å². The second-order valence-corrected chi connectivity index (χ2v) is 19.1. The van der Waals surface area contributed by atoms with Gasteiger partial charge < -0.3 is 45.8 Å². The number of carbonyl (C=O) groups excluding carboxylic acids is 9. The molecule has 1 rings (SSSR count). The van der Waals surface area contributed by atoms with Crippen LogP contribution in [0.15, 0.2) is 24.3 Å². The number of ether oxygens (including phenoxy) is 2. The van der Waals surface area contributed by atoms with Gasteiger partial charge in [-0.3, -0.25) is 28.8 Å². The zero-order valence-electron chi connectivity index (χ0n) is 42.5. The maximum Gasteiger partial charge on any atom is 0.410 e. The van der Waals surface area contributed by atoms with E-state index in [1.807, 2.05) is 41.5 Å². The van der Waals surface area contributed by atoms with Crippen LogP contribution < -0.4 is 21.7 Å². The molecule has 5 N–H and O–H groups in total. The van der Waals surface area contributed by atoms with Gasteiger partial charge in [-0.15, -0.1) is 0 Å². The molecule has 0 aliphatic heterocycles. The van der Waals surface area contributed by atoms with E-state index in [0.29, 0.717) is 36.9 Å². The Kier molecular flexibility index (Phi) is 27.0. The molecular formula is C50H82N6O11. The number of Topliss-reactive ketones (excluding diaryl/α,β-unsaturated/α-hetero) is 4. The number of primary amides is 1. The number of nitrogens with two attached hydrogens (primary N) is 1. The maximum absolute atomic E-state index is 14.2. The van der Waals surface area contributed by atoms with Crippen LogP contribution in [0.4, 0.5) is 15.3 Å². The van der Waals surface area contributed by atoms with Crippen LogP contribution in [0.5, 0.6) is 0 Å². The molecule has 1 aromatic rings. The third-order valence-electron chi connectivity index (χ3n) is 12.3. The average Bonchev–Trinajstić information content (AvgIpc) is 3.25. The highest BCUT2D eigenvalue weighted by Gasteiger charge is 2.40. The van der Waals surface area contributed by atoms with E-state index in [2.05, 4.69) is 16.0 Å². The summed E-state index contributed by atoms with van der Waals surface area (Å²) in [6, 6.07) is 3.76. The number of unbranched alkanes of at least 4 members (excludes halogenated alkanes) is 1. The topological polar surface area (TPSA) is 241 Å². The van der Waals surface area contributed by atoms with Gasteiger partial charge in [0.05, 0.1) is 24.2 Å². The Bertz CT molecular complexity index is 1800. The molecular weight excluding hydrogens is 861 g/mol. The normalized spacial score (nSPS) is 14.5. The Morgan fingerprint density at radius 2 is 1.34 bits per heavy atom. The summed E-state index contributed by atoms with van der Waals surface area (Å²) < 4.78 is 11.4. The third-order valence-corrected chi connectivity index (χ3v) is 12.3. The van der Waals surface area contributed by atoms with Gasteiger partial charge in [-0.05, 0) is 80.9 Å². The largest absolute Gasteiger partial charge is 0.445 e. The Labute approximate surface area is 399 Å². The highest BCUT2D eigenvalue weighted by molar-refractivity contribution is 5.97. The van der Waals surface area contributed by atoms with E-state index < -0.39 is 54.1 Å². The van der Waals surface area contributed by atoms with Crippen molar-refractivity contribution in [2.45, 2.75) is 164 Å². The van der Waals surface area contributed by atoms with Crippen molar-refractivity contribution in [2.75, 3.05) is 33.1 Å². The van der Waals surface area contributed by atoms with Crippen LogP contribution in [0, 0.1) is 35.5 Å². The number of nitrogens with one attached hydrogen (secondary N) is 3. The molecule has 1 aromatic carbocycles. The van der Waals surface area contributed by atoms with E-state index in [1.165, 1.54) is 32.9 Å². The second kappa shape index (κ2) is 30.2. The Balaban J connectivity index is 3.10. The molecule has 0 aromatic heterocycles. The Morgan fingerprint density at radius 1 is 0.731 bits per heavy atom. The van der Waals surface area contributed by atoms with Gasteiger partial charge in [-0.2, -0.15) is 0 Å². The second-order valence-electron chi connectivity index (χ2n) is 19.1. The number of hydrogen-bond acceptors (Lipinski definition) is 11. The lowest BCUT2D eigenvalue weighted by atomic mass is 9.83. The number of ketones is 4. The summed E-state index contributed by atoms with van der Waals surface area (Å²) >= 11 is 0. The predicted octanol–water partition coefficient (Wildman–Crippen LogP) is 6.63. The summed E-state index contributed by atoms with van der Waals surface area (Å²) in [6.45, 7) is 18.1. The number of anilines is 1. The first-order chi connectivity index (χ1) is 31.4. The van der Waals surface area contributed by atoms with Gasteiger partial charge in [-0.25, -0.2) is 9.59 Å². The minimum absolute atomic E-state index is 0.0118. The molecule has 7 unspecified atom stereocenters. The van der Waals surface area contributed by atoms with E-state index in [4.69, 9.17) is 15.2 Å². The van der Waals surface area contributed by atoms with Crippen molar-refractivity contribution in [3.63, 3.8) is 0 Å². The molecule has 0 bridgehead atoms. The van der Waals surface area contributed by atoms with Crippen LogP contribution in [0.3, 0.4) is 0 Å². The minimum atomic E-state index is -0.888. The highest BCUT2D eigenvalue weighted by Crippen LogP contribution is 2.28. The number of hydrogen-bond donors (Lipinski definition) is 4. The van der Waals surface area contributed by atoms with E-state index in [-0.39, 0.29) is 104 Å². The van der Waals surface area contributed by atoms with Gasteiger partial charge in [0, 0.05) is 77.4 Å². The summed E-state index contributed by atoms with van der Waals surface area (Å²) in [4.78, 5) is 119. The Morgan fingerprint density at radius 3 is 1.85 bits per heavy atom. The van der Waals surface area contributed by atoms with Crippen molar-refractivity contribution in [2.24, 2.45) is 41.2 Å². The van der Waals surface area contributed by atoms with E-state index in [0.717, 1.165) is 6.42 Å². The molecule has 0 radical (unpaired) electrons. The first-order valence-electron chi connectivity index (χ1n) is 23.8. The fraction of sp³-hybridized carbons (Fsp3) is 0.700. The van der Waals surface area contributed by atoms with Crippen LogP contribution in [0.1, 0.15) is 139 Å². The molecule has 0 saturated heterocycles. The van der Waals surface area contributed by atoms with Crippen molar-refractivity contribution < 1.29 is 52.6 Å². The van der Waals surface area contributed by atoms with Crippen molar-refractivity contribution in [3.05, 3.63) is 29.8 Å². The molecule has 378 valence electrons. The number of amides is 6. The predicted molar refractivity (Wildman–Crippen MR) is 258 cm³/mol. The molecule has 0 spiro atoms. The third kappa shape index (κ3) is 21.1. The Hall–Kier alpha value is -5.19. The van der Waals surface area contributed by atoms with Crippen LogP contribution in [0.2, 0.25) is 0 Å². The fourth-order valence-corrected chi connectivity index (χ4v) is 8.32. The number of rotatable bonds is 32. The van der Waals surface area contributed by atoms with Crippen molar-refractivity contribution >= 4 is 58.7 Å². The molecule has 7 atom stereocenters. The lowest BCUT2D eigenvalue weighted by Gasteiger charge is -2.40. The number of methoxy groups -OCH3 is 1. The van der Waals surface area contributed by atoms with Crippen LogP contribution >= 0.6 is 0 Å². The number of likely N-dealkylation sites (N-methyl/N-ethyl adjacent to an activating group) is 2. The smallest absolute Gasteiger partial charge is 0.410 e. The number of urea groups is 1. The quantitative estimate of drug-likeness (QED) is 0.0559. The lowest BCUT2D eigenvalue weighted by Crippen LogP contribution is -2.53. The fourth-order valence-electron chi connectivity index (χ4n) is 8.32. The summed E-state index contributed by atoms with van der Waals surface area (Å²) in [5.41, 5.74) is 6.22. The van der Waals surface area contributed by atoms with Crippen LogP contribution in [0.25, 0.3) is 0 Å². The first-order valence-corrected chi connectivity index (χ1v) is 23.8. The standard InChI is InChI=1S/C50H82N6O11/c1-14-33(8)46(42(66-13)26-35(10)58)55(11)48(63)39(30(2)3)28-41(60)45(32(6)7)56(12)50(65)67-29-36-21-23-38(24-22-36)53-47(62)37(19-17-25-52-49(51)64)27-40(59)44(31(4)5)54-43(61)20-16-15-18-34(9)57/h21-24,30-33,37,39,42,44-46H,14-20,25-29H2,1-13H3,(H,53,62)(H,54,61)(H3,51,52,64). The molecule has 17 nitrogen and oxygen atoms in total. The number of nitrogens with zero attached hydrogens (tertiary/aromatic N) is 2. The van der Waals surface area contributed by atoms with Gasteiger partial charge >= 0.3 is 12.1 Å². The summed E-state index contributed by atoms with van der Waals surface area (Å²) in [6.07, 6.45) is 1.59. The summed E-state index contributed by atoms with van der Waals surface area (Å²) in [7, 11) is 4.72. The maximum atomic E-state index is 14.2. The van der Waals surface area contributed by atoms with Gasteiger partial charge in [0.1, 0.15) is 18.2 Å². The van der Waals surface area contributed by atoms with Crippen LogP contribution in [-0.4, -0.2) is 115 Å². The van der Waals surface area contributed by atoms with Gasteiger partial charge in [0.2, 0.25) is 17.7 Å². The summed E-state index contributed by atoms with van der Waals surface area (Å²) in [5.74, 6) is -3.84. The molecule has 0 aliphatic rings. The van der Waals surface area contributed by atoms with Gasteiger partial charge in [-0.1, -0.05) is 73.9 Å². The van der Waals surface area contributed by atoms with Gasteiger partial charge in [0.25, 0.3) is 0 Å². The lowest BCUT2D eigenvalue weighted by molar-refractivity contribution is -0.146. The molecule has 0 fully saturated rings. The molecule has 67 heavy (non-hydrogen) atoms. The molecule has 0 aliphatic carbocycles. The first kappa shape index (κ1) is 59.8. The van der Waals surface area contributed by atoms with Crippen molar-refractivity contribution in [1.29, 1.82) is 0 Å². The van der Waals surface area contributed by atoms with Crippen LogP contribution in [-0.2, 0) is 49.6 Å². The van der Waals surface area contributed by atoms with Crippen molar-refractivity contribution in [3.8, 4) is 0 Å². The SMILES string of the molecule is CCC(C)C(C(CC(C)=O)OC)N(C)C(=O)C(CC(=O)C(C(C)C)N(C)C(=O)OCc1ccc(NC(=O)C(CCCNC(N)=O)CC(=O)C(NC(=O)CCCCC(C)=O)C(C)C)cc1)C(C)C. The average molecular weight is 943 g/mol. The van der Waals surface area contributed by atoms with Gasteiger partial charge in [0.15, 0.2) is 11.6 Å². The molecule has 0 heterocycles. The molecule has 0 saturated carbocycles. The number of carbonyl (C=O) groups is 9. The highest BCUT2D eigenvalue weighted by atomic mass is 16.6. The minimum Gasteiger partial charge on any atom is -0.445 e. The monoisotopic (exact) mass is 943 g/mol. The summed E-state index contributed by atoms with van der Waals surface area (Å²) in [5, 5.41) is 8.15. The zero-order valence-corrected chi connectivity index (χ0v) is 42.5. The zero-order chi connectivity index (χ0) is 51.1. The molecule has 6 amide bonds. The number of benzene rings is 1. The van der Waals surface area contributed by atoms with E-state index in [1.54, 1.807) is 50.1 Å².